The zero-order valence-electron chi connectivity index (χ0n) is 6.70. The van der Waals surface area contributed by atoms with Crippen LogP contribution in [-0.2, 0) is 13.1 Å². The summed E-state index contributed by atoms with van der Waals surface area (Å²) in [6.45, 7) is 1.60. The van der Waals surface area contributed by atoms with Crippen LogP contribution in [0.25, 0.3) is 0 Å². The fraction of sp³-hybridized carbons (Fsp3) is 0.333. The van der Waals surface area contributed by atoms with Crippen molar-refractivity contribution in [3.05, 3.63) is 29.3 Å². The number of rotatable bonds is 1. The smallest absolute Gasteiger partial charge is 0.115 e. The third-order valence-corrected chi connectivity index (χ3v) is 2.18. The lowest BCUT2D eigenvalue weighted by Crippen LogP contribution is -2.16. The molecule has 0 aromatic heterocycles. The van der Waals surface area contributed by atoms with Crippen LogP contribution in [0.15, 0.2) is 18.2 Å². The monoisotopic (exact) mass is 165 g/mol. The molecule has 0 aliphatic carbocycles. The number of phenolic OH excluding ortho intramolecular Hbond substituents is 1. The molecule has 0 spiro atoms. The van der Waals surface area contributed by atoms with E-state index in [1.165, 1.54) is 5.56 Å². The van der Waals surface area contributed by atoms with Crippen LogP contribution in [0.3, 0.4) is 0 Å². The van der Waals surface area contributed by atoms with E-state index >= 15 is 0 Å². The molecule has 12 heavy (non-hydrogen) atoms. The Morgan fingerprint density at radius 1 is 1.25 bits per heavy atom. The van der Waals surface area contributed by atoms with Gasteiger partial charge in [0.1, 0.15) is 5.75 Å². The van der Waals surface area contributed by atoms with Crippen LogP contribution in [0.4, 0.5) is 0 Å². The fourth-order valence-electron chi connectivity index (χ4n) is 1.55. The lowest BCUT2D eigenvalue weighted by molar-refractivity contribution is 0.106. The maximum absolute atomic E-state index is 9.17. The van der Waals surface area contributed by atoms with Gasteiger partial charge in [-0.2, -0.15) is 0 Å². The van der Waals surface area contributed by atoms with Crippen molar-refractivity contribution in [2.24, 2.45) is 0 Å². The van der Waals surface area contributed by atoms with E-state index in [1.54, 1.807) is 12.1 Å². The topological polar surface area (TPSA) is 43.7 Å². The normalized spacial score (nSPS) is 16.4. The van der Waals surface area contributed by atoms with Crippen LogP contribution < -0.4 is 0 Å². The Bertz CT molecular complexity index is 299. The maximum atomic E-state index is 9.17. The molecule has 3 heteroatoms. The summed E-state index contributed by atoms with van der Waals surface area (Å²) in [6.07, 6.45) is 0. The van der Waals surface area contributed by atoms with Gasteiger partial charge >= 0.3 is 0 Å². The molecular weight excluding hydrogens is 154 g/mol. The summed E-state index contributed by atoms with van der Waals surface area (Å²) in [5, 5.41) is 18.0. The van der Waals surface area contributed by atoms with Crippen molar-refractivity contribution in [2.75, 3.05) is 6.73 Å². The number of aliphatic hydroxyl groups is 1. The van der Waals surface area contributed by atoms with Crippen molar-refractivity contribution in [1.82, 2.24) is 4.90 Å². The fourth-order valence-corrected chi connectivity index (χ4v) is 1.55. The molecule has 0 unspecified atom stereocenters. The molecule has 1 heterocycles. The average Bonchev–Trinajstić information content (AvgIpc) is 2.46. The third kappa shape index (κ3) is 1.17. The van der Waals surface area contributed by atoms with Crippen LogP contribution in [0.1, 0.15) is 11.1 Å². The van der Waals surface area contributed by atoms with E-state index < -0.39 is 0 Å². The van der Waals surface area contributed by atoms with Gasteiger partial charge in [-0.15, -0.1) is 0 Å². The molecule has 0 fully saturated rings. The van der Waals surface area contributed by atoms with Crippen molar-refractivity contribution in [3.63, 3.8) is 0 Å². The Morgan fingerprint density at radius 2 is 2.00 bits per heavy atom. The summed E-state index contributed by atoms with van der Waals surface area (Å²) in [6, 6.07) is 5.34. The second kappa shape index (κ2) is 2.77. The first-order chi connectivity index (χ1) is 5.79. The number of hydrogen-bond acceptors (Lipinski definition) is 3. The van der Waals surface area contributed by atoms with Gasteiger partial charge in [0, 0.05) is 13.1 Å². The molecule has 0 saturated carbocycles. The van der Waals surface area contributed by atoms with E-state index in [2.05, 4.69) is 0 Å². The van der Waals surface area contributed by atoms with Crippen LogP contribution in [0, 0.1) is 0 Å². The summed E-state index contributed by atoms with van der Waals surface area (Å²) in [7, 11) is 0. The molecule has 2 rings (SSSR count). The Balaban J connectivity index is 2.30. The Labute approximate surface area is 70.9 Å². The number of phenols is 1. The number of aliphatic hydroxyl groups excluding tert-OH is 1. The zero-order chi connectivity index (χ0) is 8.55. The van der Waals surface area contributed by atoms with Gasteiger partial charge in [0.25, 0.3) is 0 Å². The Kier molecular flexibility index (Phi) is 1.75. The van der Waals surface area contributed by atoms with Gasteiger partial charge in [-0.25, -0.2) is 0 Å². The second-order valence-electron chi connectivity index (χ2n) is 3.08. The molecule has 0 saturated heterocycles. The number of fused-ring (bicyclic) bond motifs is 1. The number of aromatic hydroxyl groups is 1. The molecule has 0 radical (unpaired) electrons. The van der Waals surface area contributed by atoms with Crippen LogP contribution >= 0.6 is 0 Å². The molecule has 1 aliphatic rings. The summed E-state index contributed by atoms with van der Waals surface area (Å²) in [5.41, 5.74) is 2.31. The molecule has 64 valence electrons. The molecular formula is C9H11NO2. The minimum atomic E-state index is 0.0788. The van der Waals surface area contributed by atoms with Crippen LogP contribution in [0.5, 0.6) is 5.75 Å². The van der Waals surface area contributed by atoms with E-state index in [1.807, 2.05) is 11.0 Å². The van der Waals surface area contributed by atoms with Crippen molar-refractivity contribution in [1.29, 1.82) is 0 Å². The predicted molar refractivity (Wildman–Crippen MR) is 44.4 cm³/mol. The minimum absolute atomic E-state index is 0.0788. The summed E-state index contributed by atoms with van der Waals surface area (Å²) in [4.78, 5) is 1.91. The molecule has 1 aromatic carbocycles. The van der Waals surface area contributed by atoms with E-state index in [0.717, 1.165) is 18.7 Å². The van der Waals surface area contributed by atoms with E-state index in [9.17, 15) is 5.11 Å². The van der Waals surface area contributed by atoms with E-state index in [0.29, 0.717) is 5.75 Å². The Morgan fingerprint density at radius 3 is 2.75 bits per heavy atom. The Hall–Kier alpha value is -1.06. The van der Waals surface area contributed by atoms with Gasteiger partial charge in [0.15, 0.2) is 0 Å². The highest BCUT2D eigenvalue weighted by Crippen LogP contribution is 2.25. The third-order valence-electron chi connectivity index (χ3n) is 2.18. The van der Waals surface area contributed by atoms with Gasteiger partial charge in [-0.1, -0.05) is 6.07 Å². The standard InChI is InChI=1S/C9H11NO2/c11-6-10-4-7-1-2-9(12)3-8(7)5-10/h1-3,11-12H,4-6H2. The summed E-state index contributed by atoms with van der Waals surface area (Å²) in [5.74, 6) is 0.300. The maximum Gasteiger partial charge on any atom is 0.115 e. The number of nitrogens with zero attached hydrogens (tertiary/aromatic N) is 1. The highest BCUT2D eigenvalue weighted by Gasteiger charge is 2.17. The first-order valence-electron chi connectivity index (χ1n) is 3.93. The van der Waals surface area contributed by atoms with Gasteiger partial charge in [0.05, 0.1) is 6.73 Å². The highest BCUT2D eigenvalue weighted by molar-refractivity contribution is 5.36. The molecule has 3 nitrogen and oxygen atoms in total. The van der Waals surface area contributed by atoms with E-state index in [-0.39, 0.29) is 6.73 Å². The first-order valence-corrected chi connectivity index (χ1v) is 3.93. The molecule has 0 amide bonds. The molecule has 2 N–H and O–H groups in total. The molecule has 0 atom stereocenters. The highest BCUT2D eigenvalue weighted by atomic mass is 16.3. The molecule has 0 bridgehead atoms. The average molecular weight is 165 g/mol. The predicted octanol–water partition coefficient (Wildman–Crippen LogP) is 0.658. The summed E-state index contributed by atoms with van der Waals surface area (Å²) < 4.78 is 0. The molecule has 1 aliphatic heterocycles. The second-order valence-corrected chi connectivity index (χ2v) is 3.08. The number of benzene rings is 1. The van der Waals surface area contributed by atoms with Crippen molar-refractivity contribution >= 4 is 0 Å². The van der Waals surface area contributed by atoms with E-state index in [4.69, 9.17) is 5.11 Å². The lowest BCUT2D eigenvalue weighted by Gasteiger charge is -2.08. The summed E-state index contributed by atoms with van der Waals surface area (Å²) >= 11 is 0. The van der Waals surface area contributed by atoms with Crippen LogP contribution in [-0.4, -0.2) is 21.8 Å². The van der Waals surface area contributed by atoms with Gasteiger partial charge < -0.3 is 10.2 Å². The number of hydrogen-bond donors (Lipinski definition) is 2. The van der Waals surface area contributed by atoms with Crippen molar-refractivity contribution in [3.8, 4) is 5.75 Å². The lowest BCUT2D eigenvalue weighted by atomic mass is 10.1. The van der Waals surface area contributed by atoms with Crippen molar-refractivity contribution < 1.29 is 10.2 Å². The van der Waals surface area contributed by atoms with Gasteiger partial charge in [-0.3, -0.25) is 4.90 Å². The van der Waals surface area contributed by atoms with Crippen molar-refractivity contribution in [2.45, 2.75) is 13.1 Å². The minimum Gasteiger partial charge on any atom is -0.508 e. The van der Waals surface area contributed by atoms with Gasteiger partial charge in [0.2, 0.25) is 0 Å². The SMILES string of the molecule is OCN1Cc2ccc(O)cc2C1. The molecule has 1 aromatic rings. The van der Waals surface area contributed by atoms with Crippen LogP contribution in [0.2, 0.25) is 0 Å². The van der Waals surface area contributed by atoms with Gasteiger partial charge in [-0.05, 0) is 23.3 Å². The first kappa shape index (κ1) is 7.58. The zero-order valence-corrected chi connectivity index (χ0v) is 6.70. The quantitative estimate of drug-likeness (QED) is 0.642. The largest absolute Gasteiger partial charge is 0.508 e.